The van der Waals surface area contributed by atoms with Crippen molar-refractivity contribution in [2.45, 2.75) is 25.2 Å². The molecule has 7 heteroatoms. The van der Waals surface area contributed by atoms with E-state index in [2.05, 4.69) is 41.5 Å². The maximum absolute atomic E-state index is 12.9. The third kappa shape index (κ3) is 4.52. The van der Waals surface area contributed by atoms with Crippen LogP contribution in [0, 0.1) is 13.8 Å². The predicted molar refractivity (Wildman–Crippen MR) is 118 cm³/mol. The van der Waals surface area contributed by atoms with Crippen molar-refractivity contribution >= 4 is 26.5 Å². The Morgan fingerprint density at radius 3 is 2.38 bits per heavy atom. The third-order valence-corrected chi connectivity index (χ3v) is 8.04. The van der Waals surface area contributed by atoms with Gasteiger partial charge in [0.05, 0.1) is 10.6 Å². The second-order valence-corrected chi connectivity index (χ2v) is 10.3. The lowest BCUT2D eigenvalue weighted by atomic mass is 10.1. The van der Waals surface area contributed by atoms with Gasteiger partial charge >= 0.3 is 0 Å². The third-order valence-electron chi connectivity index (χ3n) is 5.18. The first-order valence-electron chi connectivity index (χ1n) is 9.73. The highest BCUT2D eigenvalue weighted by Crippen LogP contribution is 2.25. The fourth-order valence-electron chi connectivity index (χ4n) is 3.53. The molecule has 4 rings (SSSR count). The van der Waals surface area contributed by atoms with Gasteiger partial charge in [-0.15, -0.1) is 11.3 Å². The van der Waals surface area contributed by atoms with E-state index in [9.17, 15) is 8.42 Å². The molecule has 0 atom stereocenters. The van der Waals surface area contributed by atoms with Crippen LogP contribution in [-0.2, 0) is 16.4 Å². The fraction of sp³-hybridized carbons (Fsp3) is 0.318. The number of aromatic nitrogens is 1. The molecule has 0 aliphatic carbocycles. The van der Waals surface area contributed by atoms with Gasteiger partial charge in [-0.1, -0.05) is 47.5 Å². The first-order valence-corrected chi connectivity index (χ1v) is 12.1. The van der Waals surface area contributed by atoms with Crippen LogP contribution < -0.4 is 4.90 Å². The Balaban J connectivity index is 1.40. The molecule has 0 radical (unpaired) electrons. The number of hydrogen-bond acceptors (Lipinski definition) is 5. The summed E-state index contributed by atoms with van der Waals surface area (Å²) in [6, 6.07) is 15.5. The fourth-order valence-corrected chi connectivity index (χ4v) is 5.83. The number of piperazine rings is 1. The molecule has 152 valence electrons. The van der Waals surface area contributed by atoms with E-state index >= 15 is 0 Å². The first kappa shape index (κ1) is 20.1. The van der Waals surface area contributed by atoms with Crippen molar-refractivity contribution in [2.75, 3.05) is 31.1 Å². The molecule has 1 aliphatic heterocycles. The standard InChI is InChI=1S/C22H25N3O2S2/c1-17-6-8-21(9-7-17)29(26,27)25-12-10-24(11-13-25)22-23-20(16-28-22)15-19-5-3-4-18(2)14-19/h3-9,14,16H,10-13,15H2,1-2H3. The topological polar surface area (TPSA) is 53.5 Å². The van der Waals surface area contributed by atoms with Crippen LogP contribution in [0.2, 0.25) is 0 Å². The summed E-state index contributed by atoms with van der Waals surface area (Å²) < 4.78 is 27.3. The Morgan fingerprint density at radius 2 is 1.69 bits per heavy atom. The summed E-state index contributed by atoms with van der Waals surface area (Å²) in [6.45, 7) is 6.31. The van der Waals surface area contributed by atoms with E-state index in [-0.39, 0.29) is 0 Å². The second kappa shape index (κ2) is 8.26. The minimum atomic E-state index is -3.43. The Hall–Kier alpha value is -2.22. The van der Waals surface area contributed by atoms with Crippen molar-refractivity contribution in [3.8, 4) is 0 Å². The number of hydrogen-bond donors (Lipinski definition) is 0. The molecule has 0 N–H and O–H groups in total. The van der Waals surface area contributed by atoms with Crippen LogP contribution in [-0.4, -0.2) is 43.9 Å². The monoisotopic (exact) mass is 427 g/mol. The molecule has 29 heavy (non-hydrogen) atoms. The first-order chi connectivity index (χ1) is 13.9. The molecule has 0 saturated carbocycles. The van der Waals surface area contributed by atoms with Crippen molar-refractivity contribution in [1.82, 2.24) is 9.29 Å². The van der Waals surface area contributed by atoms with Crippen LogP contribution >= 0.6 is 11.3 Å². The van der Waals surface area contributed by atoms with Gasteiger partial charge in [-0.2, -0.15) is 4.31 Å². The summed E-state index contributed by atoms with van der Waals surface area (Å²) in [7, 11) is -3.43. The molecular formula is C22H25N3O2S2. The van der Waals surface area contributed by atoms with Crippen LogP contribution in [0.25, 0.3) is 0 Å². The van der Waals surface area contributed by atoms with Crippen molar-refractivity contribution in [2.24, 2.45) is 0 Å². The minimum Gasteiger partial charge on any atom is -0.345 e. The minimum absolute atomic E-state index is 0.367. The van der Waals surface area contributed by atoms with Crippen molar-refractivity contribution in [3.63, 3.8) is 0 Å². The van der Waals surface area contributed by atoms with E-state index in [1.807, 2.05) is 19.1 Å². The van der Waals surface area contributed by atoms with E-state index in [1.54, 1.807) is 27.8 Å². The summed E-state index contributed by atoms with van der Waals surface area (Å²) in [5, 5.41) is 3.08. The van der Waals surface area contributed by atoms with Gasteiger partial charge in [0.25, 0.3) is 0 Å². The quantitative estimate of drug-likeness (QED) is 0.620. The van der Waals surface area contributed by atoms with Gasteiger partial charge in [-0.05, 0) is 31.5 Å². The van der Waals surface area contributed by atoms with Gasteiger partial charge < -0.3 is 4.90 Å². The van der Waals surface area contributed by atoms with Gasteiger partial charge in [0, 0.05) is 38.0 Å². The average Bonchev–Trinajstić information content (AvgIpc) is 3.17. The molecule has 3 aromatic rings. The number of rotatable bonds is 5. The zero-order chi connectivity index (χ0) is 20.4. The molecule has 1 saturated heterocycles. The molecule has 5 nitrogen and oxygen atoms in total. The van der Waals surface area contributed by atoms with Gasteiger partial charge in [-0.3, -0.25) is 0 Å². The molecule has 0 spiro atoms. The smallest absolute Gasteiger partial charge is 0.243 e. The van der Waals surface area contributed by atoms with Crippen LogP contribution in [0.1, 0.15) is 22.4 Å². The summed E-state index contributed by atoms with van der Waals surface area (Å²) in [5.74, 6) is 0. The predicted octanol–water partition coefficient (Wildman–Crippen LogP) is 3.86. The number of benzene rings is 2. The molecular weight excluding hydrogens is 402 g/mol. The maximum atomic E-state index is 12.9. The number of anilines is 1. The van der Waals surface area contributed by atoms with E-state index in [4.69, 9.17) is 4.98 Å². The lowest BCUT2D eigenvalue weighted by molar-refractivity contribution is 0.384. The summed E-state index contributed by atoms with van der Waals surface area (Å²) in [6.07, 6.45) is 0.819. The highest BCUT2D eigenvalue weighted by atomic mass is 32.2. The van der Waals surface area contributed by atoms with Gasteiger partial charge in [0.1, 0.15) is 0 Å². The molecule has 0 unspecified atom stereocenters. The molecule has 0 amide bonds. The van der Waals surface area contributed by atoms with Gasteiger partial charge in [-0.25, -0.2) is 13.4 Å². The molecule has 2 aromatic carbocycles. The molecule has 1 aliphatic rings. The van der Waals surface area contributed by atoms with E-state index in [0.29, 0.717) is 31.1 Å². The number of thiazole rings is 1. The largest absolute Gasteiger partial charge is 0.345 e. The second-order valence-electron chi connectivity index (χ2n) is 7.49. The maximum Gasteiger partial charge on any atom is 0.243 e. The normalized spacial score (nSPS) is 15.6. The summed E-state index contributed by atoms with van der Waals surface area (Å²) in [5.41, 5.74) is 4.63. The SMILES string of the molecule is Cc1ccc(S(=O)(=O)N2CCN(c3nc(Cc4cccc(C)c4)cs3)CC2)cc1. The summed E-state index contributed by atoms with van der Waals surface area (Å²) >= 11 is 1.63. The Kier molecular flexibility index (Phi) is 5.72. The van der Waals surface area contributed by atoms with Gasteiger partial charge in [0.2, 0.25) is 10.0 Å². The zero-order valence-corrected chi connectivity index (χ0v) is 18.3. The molecule has 1 fully saturated rings. The van der Waals surface area contributed by atoms with Crippen molar-refractivity contribution < 1.29 is 8.42 Å². The van der Waals surface area contributed by atoms with Crippen LogP contribution in [0.3, 0.4) is 0 Å². The van der Waals surface area contributed by atoms with E-state index in [0.717, 1.165) is 22.8 Å². The zero-order valence-electron chi connectivity index (χ0n) is 16.7. The highest BCUT2D eigenvalue weighted by Gasteiger charge is 2.29. The molecule has 0 bridgehead atoms. The number of aryl methyl sites for hydroxylation is 2. The average molecular weight is 428 g/mol. The lowest BCUT2D eigenvalue weighted by Crippen LogP contribution is -2.48. The Bertz CT molecular complexity index is 1080. The Morgan fingerprint density at radius 1 is 0.966 bits per heavy atom. The summed E-state index contributed by atoms with van der Waals surface area (Å²) in [4.78, 5) is 7.34. The van der Waals surface area contributed by atoms with Crippen LogP contribution in [0.4, 0.5) is 5.13 Å². The van der Waals surface area contributed by atoms with Gasteiger partial charge in [0.15, 0.2) is 5.13 Å². The Labute approximate surface area is 176 Å². The van der Waals surface area contributed by atoms with Crippen molar-refractivity contribution in [3.05, 3.63) is 76.3 Å². The number of nitrogens with zero attached hydrogens (tertiary/aromatic N) is 3. The van der Waals surface area contributed by atoms with E-state index < -0.39 is 10.0 Å². The van der Waals surface area contributed by atoms with Crippen LogP contribution in [0.15, 0.2) is 58.8 Å². The molecule has 1 aromatic heterocycles. The highest BCUT2D eigenvalue weighted by molar-refractivity contribution is 7.89. The lowest BCUT2D eigenvalue weighted by Gasteiger charge is -2.33. The van der Waals surface area contributed by atoms with Crippen molar-refractivity contribution in [1.29, 1.82) is 0 Å². The molecule has 2 heterocycles. The van der Waals surface area contributed by atoms with Crippen LogP contribution in [0.5, 0.6) is 0 Å². The van der Waals surface area contributed by atoms with E-state index in [1.165, 1.54) is 11.1 Å². The number of sulfonamides is 1.